The molecule has 1 saturated heterocycles. The number of para-hydroxylation sites is 2. The predicted molar refractivity (Wildman–Crippen MR) is 296 cm³/mol. The number of nitrogens with zero attached hydrogens (tertiary/aromatic N) is 1. The normalized spacial score (nSPS) is 16.6. The summed E-state index contributed by atoms with van der Waals surface area (Å²) in [7, 11) is 0. The third-order valence-corrected chi connectivity index (χ3v) is 14.3. The largest absolute Gasteiger partial charge is 0.481 e. The third-order valence-electron chi connectivity index (χ3n) is 14.0. The van der Waals surface area contributed by atoms with Crippen molar-refractivity contribution < 1.29 is 63.0 Å². The summed E-state index contributed by atoms with van der Waals surface area (Å²) in [5.74, 6) is -11.9. The highest BCUT2D eigenvalue weighted by atomic mass is 32.1. The van der Waals surface area contributed by atoms with E-state index in [1.165, 1.54) is 6.92 Å². The maximum Gasteiger partial charge on any atom is 0.326 e. The number of amides is 9. The molecular formula is C53H73N13O13S. The molecule has 0 bridgehead atoms. The lowest BCUT2D eigenvalue weighted by Gasteiger charge is -2.30. The molecule has 0 aliphatic carbocycles. The molecule has 2 aromatic heterocycles. The lowest BCUT2D eigenvalue weighted by atomic mass is 9.98. The molecule has 5 rings (SSSR count). The highest BCUT2D eigenvalue weighted by Crippen LogP contribution is 2.23. The highest BCUT2D eigenvalue weighted by molar-refractivity contribution is 7.80. The summed E-state index contributed by atoms with van der Waals surface area (Å²) in [4.78, 5) is 155. The Bertz CT molecular complexity index is 2900. The van der Waals surface area contributed by atoms with Crippen LogP contribution in [0.1, 0.15) is 83.3 Å². The summed E-state index contributed by atoms with van der Waals surface area (Å²) in [5, 5.41) is 38.8. The molecule has 26 nitrogen and oxygen atoms in total. The zero-order valence-corrected chi connectivity index (χ0v) is 45.6. The summed E-state index contributed by atoms with van der Waals surface area (Å²) in [6, 6.07) is 1.66. The monoisotopic (exact) mass is 1130 g/mol. The van der Waals surface area contributed by atoms with Crippen molar-refractivity contribution in [3.63, 3.8) is 0 Å². The van der Waals surface area contributed by atoms with Crippen molar-refractivity contribution in [1.82, 2.24) is 52.1 Å². The highest BCUT2D eigenvalue weighted by Gasteiger charge is 2.41. The number of aromatic nitrogens is 2. The molecule has 2 aromatic carbocycles. The van der Waals surface area contributed by atoms with Crippen LogP contribution in [0.2, 0.25) is 0 Å². The van der Waals surface area contributed by atoms with Gasteiger partial charge in [0.1, 0.15) is 48.3 Å². The van der Waals surface area contributed by atoms with E-state index in [0.717, 1.165) is 15.8 Å². The maximum absolute atomic E-state index is 14.2. The van der Waals surface area contributed by atoms with Gasteiger partial charge < -0.3 is 79.5 Å². The summed E-state index contributed by atoms with van der Waals surface area (Å²) in [5.41, 5.74) is 20.0. The van der Waals surface area contributed by atoms with E-state index in [0.29, 0.717) is 54.3 Å². The fraction of sp³-hybridized carbons (Fsp3) is 0.491. The predicted octanol–water partition coefficient (Wildman–Crippen LogP) is -1.29. The minimum Gasteiger partial charge on any atom is -0.481 e. The number of aliphatic carboxylic acids is 2. The van der Waals surface area contributed by atoms with Gasteiger partial charge in [-0.15, -0.1) is 0 Å². The second kappa shape index (κ2) is 29.8. The van der Waals surface area contributed by atoms with Gasteiger partial charge in [-0.25, -0.2) is 4.79 Å². The number of carboxylic acids is 2. The van der Waals surface area contributed by atoms with E-state index in [1.54, 1.807) is 50.5 Å². The molecule has 9 amide bonds. The Morgan fingerprint density at radius 1 is 0.675 bits per heavy atom. The number of carboxylic acid groups (broad SMARTS) is 2. The number of unbranched alkanes of at least 4 members (excludes halogenated alkanes) is 1. The van der Waals surface area contributed by atoms with Gasteiger partial charge in [-0.2, -0.15) is 12.6 Å². The number of nitrogens with two attached hydrogens (primary N) is 3. The maximum atomic E-state index is 14.2. The number of carbonyl (C=O) groups is 11. The van der Waals surface area contributed by atoms with Gasteiger partial charge in [0.15, 0.2) is 0 Å². The Kier molecular flexibility index (Phi) is 23.4. The molecule has 434 valence electrons. The van der Waals surface area contributed by atoms with Crippen molar-refractivity contribution >= 4 is 99.5 Å². The zero-order chi connectivity index (χ0) is 58.8. The number of rotatable bonds is 31. The standard InChI is InChI=1S/C53H73N13O13S/c1-4-27(2)44(53(78)79)65-49(74)37(21-30-25-58-35-16-8-6-13-32(30)35)61-48(73)38(23-43(68)69)62-51(76)41-17-11-19-66(41)52(77)39(22-42(56)67)63-45(70)28(3)59-50(75)40(26-80)64-47(72)36(60-46(71)33(55)14-9-10-18-54)20-29-24-57-34-15-7-5-12-31(29)34/h5-8,12-13,15-16,24-25,27-28,33,36-41,44,57-58,80H,4,9-11,14,17-23,26,54-55H2,1-3H3,(H2,56,67)(H,59,75)(H,60,71)(H,61,73)(H,62,76)(H,63,70)(H,64,72)(H,65,74)(H,68,69)(H,78,79)/t27-,28-,33-,36-,37-,38-,39-,40-,41-,44-/m0/s1. The number of nitrogens with one attached hydrogen (secondary N) is 9. The second-order valence-electron chi connectivity index (χ2n) is 19.9. The van der Waals surface area contributed by atoms with Crippen LogP contribution in [-0.4, -0.2) is 163 Å². The van der Waals surface area contributed by atoms with Crippen molar-refractivity contribution in [2.24, 2.45) is 23.1 Å². The molecule has 80 heavy (non-hydrogen) atoms. The molecule has 0 radical (unpaired) electrons. The van der Waals surface area contributed by atoms with Gasteiger partial charge in [0, 0.05) is 59.3 Å². The number of benzene rings is 2. The van der Waals surface area contributed by atoms with Gasteiger partial charge in [-0.1, -0.05) is 63.1 Å². The van der Waals surface area contributed by atoms with Crippen molar-refractivity contribution in [2.75, 3.05) is 18.8 Å². The van der Waals surface area contributed by atoms with E-state index >= 15 is 0 Å². The van der Waals surface area contributed by atoms with Crippen LogP contribution in [0.15, 0.2) is 60.9 Å². The van der Waals surface area contributed by atoms with E-state index in [-0.39, 0.29) is 38.0 Å². The summed E-state index contributed by atoms with van der Waals surface area (Å²) < 4.78 is 0. The molecule has 3 heterocycles. The van der Waals surface area contributed by atoms with Gasteiger partial charge in [0.2, 0.25) is 53.2 Å². The molecule has 0 spiro atoms. The Morgan fingerprint density at radius 3 is 1.74 bits per heavy atom. The molecule has 0 saturated carbocycles. The Hall–Kier alpha value is -8.04. The van der Waals surface area contributed by atoms with Crippen LogP contribution < -0.4 is 54.4 Å². The Labute approximate surface area is 466 Å². The van der Waals surface area contributed by atoms with Crippen molar-refractivity contribution in [2.45, 2.75) is 139 Å². The number of fused-ring (bicyclic) bond motifs is 2. The van der Waals surface area contributed by atoms with E-state index in [1.807, 2.05) is 24.3 Å². The van der Waals surface area contributed by atoms with Crippen LogP contribution in [0.5, 0.6) is 0 Å². The second-order valence-corrected chi connectivity index (χ2v) is 20.3. The molecule has 4 aromatic rings. The quantitative estimate of drug-likeness (QED) is 0.0206. The average molecular weight is 1130 g/mol. The first kappa shape index (κ1) is 62.8. The molecule has 1 aliphatic rings. The average Bonchev–Trinajstić information content (AvgIpc) is 4.24. The van der Waals surface area contributed by atoms with Gasteiger partial charge in [-0.05, 0) is 68.3 Å². The zero-order valence-electron chi connectivity index (χ0n) is 44.8. The minimum atomic E-state index is -1.84. The van der Waals surface area contributed by atoms with E-state index in [9.17, 15) is 63.0 Å². The number of aromatic amines is 2. The number of primary amides is 1. The number of hydrogen-bond acceptors (Lipinski definition) is 14. The molecule has 17 N–H and O–H groups in total. The lowest BCUT2D eigenvalue weighted by molar-refractivity contribution is -0.145. The molecule has 27 heteroatoms. The smallest absolute Gasteiger partial charge is 0.326 e. The van der Waals surface area contributed by atoms with Crippen LogP contribution in [0.25, 0.3) is 21.8 Å². The first-order valence-electron chi connectivity index (χ1n) is 26.4. The van der Waals surface area contributed by atoms with Crippen LogP contribution in [0.3, 0.4) is 0 Å². The molecule has 10 atom stereocenters. The summed E-state index contributed by atoms with van der Waals surface area (Å²) in [6.07, 6.45) is 3.45. The Morgan fingerprint density at radius 2 is 1.20 bits per heavy atom. The Balaban J connectivity index is 1.27. The first-order valence-corrected chi connectivity index (χ1v) is 27.0. The van der Waals surface area contributed by atoms with Crippen LogP contribution in [0, 0.1) is 5.92 Å². The van der Waals surface area contributed by atoms with Crippen molar-refractivity contribution in [1.29, 1.82) is 0 Å². The van der Waals surface area contributed by atoms with Crippen LogP contribution in [-0.2, 0) is 65.6 Å². The van der Waals surface area contributed by atoms with Crippen molar-refractivity contribution in [3.05, 3.63) is 72.1 Å². The molecular weight excluding hydrogens is 1060 g/mol. The summed E-state index contributed by atoms with van der Waals surface area (Å²) >= 11 is 4.26. The van der Waals surface area contributed by atoms with E-state index in [4.69, 9.17) is 17.2 Å². The van der Waals surface area contributed by atoms with Crippen LogP contribution >= 0.6 is 12.6 Å². The number of likely N-dealkylation sites (tertiary alicyclic amines) is 1. The fourth-order valence-corrected chi connectivity index (χ4v) is 9.54. The van der Waals surface area contributed by atoms with E-state index in [2.05, 4.69) is 59.8 Å². The third kappa shape index (κ3) is 17.2. The van der Waals surface area contributed by atoms with Gasteiger partial charge in [0.05, 0.1) is 18.9 Å². The van der Waals surface area contributed by atoms with Gasteiger partial charge in [0.25, 0.3) is 0 Å². The molecule has 0 unspecified atom stereocenters. The molecule has 1 aliphatic heterocycles. The number of hydrogen-bond donors (Lipinski definition) is 15. The lowest BCUT2D eigenvalue weighted by Crippen LogP contribution is -2.60. The minimum absolute atomic E-state index is 0.00582. The number of carbonyl (C=O) groups excluding carboxylic acids is 9. The number of thiol groups is 1. The van der Waals surface area contributed by atoms with Crippen molar-refractivity contribution in [3.8, 4) is 0 Å². The molecule has 1 fully saturated rings. The van der Waals surface area contributed by atoms with E-state index < -0.39 is 138 Å². The number of H-pyrrole nitrogens is 2. The summed E-state index contributed by atoms with van der Waals surface area (Å²) in [6.45, 7) is 4.93. The van der Waals surface area contributed by atoms with Crippen LogP contribution in [0.4, 0.5) is 0 Å². The van der Waals surface area contributed by atoms with Gasteiger partial charge in [-0.3, -0.25) is 47.9 Å². The van der Waals surface area contributed by atoms with Gasteiger partial charge >= 0.3 is 11.9 Å². The topological polar surface area (TPSA) is 425 Å². The SMILES string of the molecule is CC[C@H](C)[C@H](NC(=O)[C@H](Cc1c[nH]c2ccccc12)NC(=O)[C@H](CC(=O)O)NC(=O)[C@@H]1CCCN1C(=O)[C@H](CC(N)=O)NC(=O)[C@H](C)NC(=O)[C@H](CS)NC(=O)[C@H](Cc1c[nH]c2ccccc12)NC(=O)[C@@H](N)CCCCN)C(=O)O. The first-order chi connectivity index (χ1) is 38.1. The fourth-order valence-electron chi connectivity index (χ4n) is 9.29.